The summed E-state index contributed by atoms with van der Waals surface area (Å²) >= 11 is 0. The minimum Gasteiger partial charge on any atom is -0.384 e. The summed E-state index contributed by atoms with van der Waals surface area (Å²) in [6, 6.07) is 8.84. The summed E-state index contributed by atoms with van der Waals surface area (Å²) in [5.74, 6) is 0.383. The topological polar surface area (TPSA) is 43.8 Å². The molecular formula is C16H20FN3. The van der Waals surface area contributed by atoms with Crippen molar-refractivity contribution in [2.45, 2.75) is 44.6 Å². The van der Waals surface area contributed by atoms with Crippen molar-refractivity contribution in [3.05, 3.63) is 36.1 Å². The van der Waals surface area contributed by atoms with Crippen molar-refractivity contribution in [2.75, 3.05) is 5.73 Å². The van der Waals surface area contributed by atoms with Crippen LogP contribution in [0.2, 0.25) is 0 Å². The quantitative estimate of drug-likeness (QED) is 0.835. The van der Waals surface area contributed by atoms with Crippen LogP contribution in [0.1, 0.15) is 44.6 Å². The second-order valence-electron chi connectivity index (χ2n) is 5.52. The van der Waals surface area contributed by atoms with Crippen LogP contribution in [0.3, 0.4) is 0 Å². The van der Waals surface area contributed by atoms with E-state index in [2.05, 4.69) is 5.10 Å². The first-order valence-corrected chi connectivity index (χ1v) is 7.35. The molecule has 0 saturated heterocycles. The Hall–Kier alpha value is -1.84. The number of benzene rings is 1. The van der Waals surface area contributed by atoms with Crippen molar-refractivity contribution in [3.63, 3.8) is 0 Å². The molecule has 20 heavy (non-hydrogen) atoms. The van der Waals surface area contributed by atoms with Gasteiger partial charge in [0.05, 0.1) is 11.7 Å². The van der Waals surface area contributed by atoms with Crippen LogP contribution in [-0.2, 0) is 0 Å². The van der Waals surface area contributed by atoms with Gasteiger partial charge in [-0.1, -0.05) is 37.8 Å². The lowest BCUT2D eigenvalue weighted by atomic mass is 10.1. The molecule has 2 N–H and O–H groups in total. The number of rotatable bonds is 2. The van der Waals surface area contributed by atoms with Gasteiger partial charge in [0.15, 0.2) is 0 Å². The van der Waals surface area contributed by atoms with Crippen LogP contribution in [0.15, 0.2) is 30.3 Å². The third kappa shape index (κ3) is 2.55. The van der Waals surface area contributed by atoms with Crippen molar-refractivity contribution in [2.24, 2.45) is 0 Å². The molecule has 1 aliphatic carbocycles. The van der Waals surface area contributed by atoms with Crippen LogP contribution in [0, 0.1) is 5.82 Å². The third-order valence-electron chi connectivity index (χ3n) is 4.08. The van der Waals surface area contributed by atoms with Gasteiger partial charge in [0.2, 0.25) is 0 Å². The molecule has 3 nitrogen and oxygen atoms in total. The van der Waals surface area contributed by atoms with Gasteiger partial charge in [-0.15, -0.1) is 0 Å². The van der Waals surface area contributed by atoms with E-state index in [1.807, 2.05) is 10.7 Å². The Balaban J connectivity index is 1.92. The summed E-state index contributed by atoms with van der Waals surface area (Å²) in [6.07, 6.45) is 7.25. The van der Waals surface area contributed by atoms with E-state index in [0.29, 0.717) is 23.1 Å². The number of anilines is 1. The monoisotopic (exact) mass is 273 g/mol. The molecule has 1 aromatic carbocycles. The maximum atomic E-state index is 13.8. The first-order valence-electron chi connectivity index (χ1n) is 7.35. The lowest BCUT2D eigenvalue weighted by Gasteiger charge is -2.16. The van der Waals surface area contributed by atoms with E-state index in [0.717, 1.165) is 12.8 Å². The maximum absolute atomic E-state index is 13.8. The molecule has 1 fully saturated rings. The van der Waals surface area contributed by atoms with Gasteiger partial charge in [-0.2, -0.15) is 5.10 Å². The second-order valence-corrected chi connectivity index (χ2v) is 5.52. The average Bonchev–Trinajstić information content (AvgIpc) is 2.66. The van der Waals surface area contributed by atoms with Crippen LogP contribution in [-0.4, -0.2) is 9.78 Å². The lowest BCUT2D eigenvalue weighted by Crippen LogP contribution is -2.12. The van der Waals surface area contributed by atoms with Gasteiger partial charge in [0.1, 0.15) is 11.6 Å². The number of nitrogens with zero attached hydrogens (tertiary/aromatic N) is 2. The molecular weight excluding hydrogens is 253 g/mol. The molecule has 0 spiro atoms. The first kappa shape index (κ1) is 13.2. The van der Waals surface area contributed by atoms with Crippen LogP contribution in [0.5, 0.6) is 0 Å². The second kappa shape index (κ2) is 5.65. The number of halogens is 1. The van der Waals surface area contributed by atoms with Gasteiger partial charge in [-0.3, -0.25) is 0 Å². The third-order valence-corrected chi connectivity index (χ3v) is 4.08. The van der Waals surface area contributed by atoms with E-state index in [1.165, 1.54) is 31.7 Å². The van der Waals surface area contributed by atoms with Gasteiger partial charge < -0.3 is 5.73 Å². The van der Waals surface area contributed by atoms with Crippen molar-refractivity contribution in [1.82, 2.24) is 9.78 Å². The molecule has 0 atom stereocenters. The van der Waals surface area contributed by atoms with Crippen molar-refractivity contribution in [3.8, 4) is 11.3 Å². The molecule has 0 radical (unpaired) electrons. The molecule has 1 heterocycles. The number of hydrogen-bond donors (Lipinski definition) is 1. The highest BCUT2D eigenvalue weighted by molar-refractivity contribution is 5.62. The summed E-state index contributed by atoms with van der Waals surface area (Å²) in [4.78, 5) is 0. The standard InChI is InChI=1S/C16H20FN3/c17-14-10-6-5-9-13(14)15-11-16(18)20(19-15)12-7-3-1-2-4-8-12/h5-6,9-12H,1-4,7-8,18H2. The highest BCUT2D eigenvalue weighted by Gasteiger charge is 2.19. The number of nitrogens with two attached hydrogens (primary N) is 1. The smallest absolute Gasteiger partial charge is 0.132 e. The zero-order chi connectivity index (χ0) is 13.9. The van der Waals surface area contributed by atoms with Crippen LogP contribution in [0.25, 0.3) is 11.3 Å². The molecule has 0 unspecified atom stereocenters. The maximum Gasteiger partial charge on any atom is 0.132 e. The molecule has 4 heteroatoms. The first-order chi connectivity index (χ1) is 9.75. The molecule has 3 rings (SSSR count). The molecule has 2 aromatic rings. The molecule has 0 amide bonds. The van der Waals surface area contributed by atoms with E-state index in [-0.39, 0.29) is 5.82 Å². The highest BCUT2D eigenvalue weighted by Crippen LogP contribution is 2.31. The Morgan fingerprint density at radius 3 is 2.50 bits per heavy atom. The summed E-state index contributed by atoms with van der Waals surface area (Å²) in [5.41, 5.74) is 7.24. The van der Waals surface area contributed by atoms with Crippen molar-refractivity contribution >= 4 is 5.82 Å². The van der Waals surface area contributed by atoms with E-state index in [4.69, 9.17) is 5.73 Å². The average molecular weight is 273 g/mol. The summed E-state index contributed by atoms with van der Waals surface area (Å²) in [6.45, 7) is 0. The fourth-order valence-electron chi connectivity index (χ4n) is 3.00. The fourth-order valence-corrected chi connectivity index (χ4v) is 3.00. The van der Waals surface area contributed by atoms with Crippen LogP contribution >= 0.6 is 0 Å². The molecule has 106 valence electrons. The normalized spacial score (nSPS) is 17.1. The van der Waals surface area contributed by atoms with Crippen LogP contribution in [0.4, 0.5) is 10.2 Å². The van der Waals surface area contributed by atoms with E-state index in [9.17, 15) is 4.39 Å². The Morgan fingerprint density at radius 1 is 1.10 bits per heavy atom. The highest BCUT2D eigenvalue weighted by atomic mass is 19.1. The van der Waals surface area contributed by atoms with Crippen molar-refractivity contribution < 1.29 is 4.39 Å². The van der Waals surface area contributed by atoms with Gasteiger partial charge in [-0.25, -0.2) is 9.07 Å². The molecule has 0 aliphatic heterocycles. The largest absolute Gasteiger partial charge is 0.384 e. The van der Waals surface area contributed by atoms with E-state index in [1.54, 1.807) is 18.2 Å². The van der Waals surface area contributed by atoms with Crippen molar-refractivity contribution in [1.29, 1.82) is 0 Å². The van der Waals surface area contributed by atoms with E-state index >= 15 is 0 Å². The fraction of sp³-hybridized carbons (Fsp3) is 0.438. The number of hydrogen-bond acceptors (Lipinski definition) is 2. The Labute approximate surface area is 118 Å². The van der Waals surface area contributed by atoms with Crippen LogP contribution < -0.4 is 5.73 Å². The Kier molecular flexibility index (Phi) is 3.72. The number of nitrogen functional groups attached to an aromatic ring is 1. The molecule has 1 aliphatic rings. The zero-order valence-electron chi connectivity index (χ0n) is 11.6. The predicted molar refractivity (Wildman–Crippen MR) is 78.8 cm³/mol. The lowest BCUT2D eigenvalue weighted by molar-refractivity contribution is 0.412. The van der Waals surface area contributed by atoms with E-state index < -0.39 is 0 Å². The Morgan fingerprint density at radius 2 is 1.80 bits per heavy atom. The molecule has 0 bridgehead atoms. The zero-order valence-corrected chi connectivity index (χ0v) is 11.6. The van der Waals surface area contributed by atoms with Gasteiger partial charge in [0, 0.05) is 11.6 Å². The predicted octanol–water partition coefficient (Wildman–Crippen LogP) is 4.17. The molecule has 1 saturated carbocycles. The summed E-state index contributed by atoms with van der Waals surface area (Å²) < 4.78 is 15.7. The SMILES string of the molecule is Nc1cc(-c2ccccc2F)nn1C1CCCCCC1. The van der Waals surface area contributed by atoms with Gasteiger partial charge >= 0.3 is 0 Å². The minimum absolute atomic E-state index is 0.252. The van der Waals surface area contributed by atoms with Gasteiger partial charge in [-0.05, 0) is 25.0 Å². The molecule has 1 aromatic heterocycles. The minimum atomic E-state index is -0.252. The summed E-state index contributed by atoms with van der Waals surface area (Å²) in [7, 11) is 0. The number of aromatic nitrogens is 2. The Bertz CT molecular complexity index is 583. The van der Waals surface area contributed by atoms with Gasteiger partial charge in [0.25, 0.3) is 0 Å². The summed E-state index contributed by atoms with van der Waals surface area (Å²) in [5, 5.41) is 4.56.